The Labute approximate surface area is 159 Å². The SMILES string of the molecule is C[C@@H](c1ccc(F)cc1)N(C)C(=O)c1ccc(S(=O)(=O)N2CCCC2)cc1. The number of amides is 1. The average molecular weight is 390 g/mol. The summed E-state index contributed by atoms with van der Waals surface area (Å²) in [6, 6.07) is 11.8. The summed E-state index contributed by atoms with van der Waals surface area (Å²) in [6.07, 6.45) is 1.75. The largest absolute Gasteiger partial charge is 0.335 e. The smallest absolute Gasteiger partial charge is 0.254 e. The molecule has 0 aromatic heterocycles. The first-order valence-electron chi connectivity index (χ1n) is 8.93. The number of rotatable bonds is 5. The quantitative estimate of drug-likeness (QED) is 0.786. The number of halogens is 1. The second kappa shape index (κ2) is 7.78. The highest BCUT2D eigenvalue weighted by molar-refractivity contribution is 7.89. The number of carbonyl (C=O) groups excluding carboxylic acids is 1. The van der Waals surface area contributed by atoms with E-state index in [1.165, 1.54) is 28.6 Å². The van der Waals surface area contributed by atoms with E-state index in [0.717, 1.165) is 18.4 Å². The second-order valence-corrected chi connectivity index (χ2v) is 8.72. The lowest BCUT2D eigenvalue weighted by molar-refractivity contribution is 0.0742. The molecule has 0 spiro atoms. The van der Waals surface area contributed by atoms with Gasteiger partial charge in [-0.15, -0.1) is 0 Å². The van der Waals surface area contributed by atoms with E-state index in [2.05, 4.69) is 0 Å². The van der Waals surface area contributed by atoms with Gasteiger partial charge in [0.15, 0.2) is 0 Å². The van der Waals surface area contributed by atoms with Crippen LogP contribution in [0.1, 0.15) is 41.7 Å². The van der Waals surface area contributed by atoms with Gasteiger partial charge in [0.2, 0.25) is 10.0 Å². The average Bonchev–Trinajstić information content (AvgIpc) is 3.23. The zero-order valence-electron chi connectivity index (χ0n) is 15.4. The van der Waals surface area contributed by atoms with Crippen molar-refractivity contribution in [3.8, 4) is 0 Å². The molecule has 0 saturated carbocycles. The second-order valence-electron chi connectivity index (χ2n) is 6.78. The Hall–Kier alpha value is -2.25. The van der Waals surface area contributed by atoms with Gasteiger partial charge in [-0.25, -0.2) is 12.8 Å². The van der Waals surface area contributed by atoms with Crippen LogP contribution in [-0.4, -0.2) is 43.7 Å². The van der Waals surface area contributed by atoms with Crippen molar-refractivity contribution in [3.63, 3.8) is 0 Å². The van der Waals surface area contributed by atoms with E-state index >= 15 is 0 Å². The molecule has 1 fully saturated rings. The Morgan fingerprint density at radius 2 is 1.59 bits per heavy atom. The molecule has 1 aliphatic rings. The van der Waals surface area contributed by atoms with Crippen molar-refractivity contribution in [3.05, 3.63) is 65.5 Å². The van der Waals surface area contributed by atoms with E-state index in [1.807, 2.05) is 6.92 Å². The van der Waals surface area contributed by atoms with Gasteiger partial charge in [0.05, 0.1) is 10.9 Å². The predicted molar refractivity (Wildman–Crippen MR) is 101 cm³/mol. The Morgan fingerprint density at radius 3 is 2.15 bits per heavy atom. The monoisotopic (exact) mass is 390 g/mol. The molecule has 1 heterocycles. The van der Waals surface area contributed by atoms with E-state index in [0.29, 0.717) is 18.7 Å². The van der Waals surface area contributed by atoms with Crippen LogP contribution >= 0.6 is 0 Å². The van der Waals surface area contributed by atoms with Crippen molar-refractivity contribution in [1.29, 1.82) is 0 Å². The van der Waals surface area contributed by atoms with Gasteiger partial charge < -0.3 is 4.90 Å². The predicted octanol–water partition coefficient (Wildman–Crippen LogP) is 3.44. The van der Waals surface area contributed by atoms with E-state index in [1.54, 1.807) is 36.2 Å². The van der Waals surface area contributed by atoms with Crippen LogP contribution in [0.2, 0.25) is 0 Å². The molecule has 1 saturated heterocycles. The van der Waals surface area contributed by atoms with Gasteiger partial charge in [0, 0.05) is 25.7 Å². The number of hydrogen-bond donors (Lipinski definition) is 0. The number of hydrogen-bond acceptors (Lipinski definition) is 3. The lowest BCUT2D eigenvalue weighted by Crippen LogP contribution is -2.30. The molecule has 0 unspecified atom stereocenters. The lowest BCUT2D eigenvalue weighted by atomic mass is 10.1. The van der Waals surface area contributed by atoms with Crippen LogP contribution in [0, 0.1) is 5.82 Å². The van der Waals surface area contributed by atoms with Gasteiger partial charge in [-0.2, -0.15) is 4.31 Å². The van der Waals surface area contributed by atoms with Gasteiger partial charge in [-0.1, -0.05) is 12.1 Å². The summed E-state index contributed by atoms with van der Waals surface area (Å²) in [4.78, 5) is 14.5. The van der Waals surface area contributed by atoms with Crippen LogP contribution in [0.4, 0.5) is 4.39 Å². The highest BCUT2D eigenvalue weighted by Crippen LogP contribution is 2.24. The molecule has 3 rings (SSSR count). The molecular formula is C20H23FN2O3S. The molecule has 5 nitrogen and oxygen atoms in total. The van der Waals surface area contributed by atoms with Crippen LogP contribution in [-0.2, 0) is 10.0 Å². The fourth-order valence-corrected chi connectivity index (χ4v) is 4.71. The summed E-state index contributed by atoms with van der Waals surface area (Å²) in [6.45, 7) is 2.94. The van der Waals surface area contributed by atoms with Gasteiger partial charge in [-0.3, -0.25) is 4.79 Å². The Bertz CT molecular complexity index is 905. The summed E-state index contributed by atoms with van der Waals surface area (Å²) in [5.41, 5.74) is 1.23. The molecule has 2 aromatic rings. The Morgan fingerprint density at radius 1 is 1.04 bits per heavy atom. The number of benzene rings is 2. The summed E-state index contributed by atoms with van der Waals surface area (Å²) >= 11 is 0. The maximum absolute atomic E-state index is 13.1. The van der Waals surface area contributed by atoms with Crippen LogP contribution in [0.5, 0.6) is 0 Å². The molecule has 0 aliphatic carbocycles. The van der Waals surface area contributed by atoms with E-state index in [-0.39, 0.29) is 22.7 Å². The normalized spacial score (nSPS) is 16.3. The molecule has 0 radical (unpaired) electrons. The van der Waals surface area contributed by atoms with Crippen molar-refractivity contribution in [2.45, 2.75) is 30.7 Å². The fourth-order valence-electron chi connectivity index (χ4n) is 3.19. The topological polar surface area (TPSA) is 57.7 Å². The number of nitrogens with zero attached hydrogens (tertiary/aromatic N) is 2. The van der Waals surface area contributed by atoms with E-state index < -0.39 is 10.0 Å². The van der Waals surface area contributed by atoms with Crippen LogP contribution in [0.3, 0.4) is 0 Å². The van der Waals surface area contributed by atoms with Gasteiger partial charge in [0.1, 0.15) is 5.82 Å². The van der Waals surface area contributed by atoms with Crippen LogP contribution < -0.4 is 0 Å². The maximum atomic E-state index is 13.1. The molecule has 1 aliphatic heterocycles. The van der Waals surface area contributed by atoms with Crippen LogP contribution in [0.15, 0.2) is 53.4 Å². The van der Waals surface area contributed by atoms with Crippen molar-refractivity contribution in [1.82, 2.24) is 9.21 Å². The van der Waals surface area contributed by atoms with Gasteiger partial charge in [0.25, 0.3) is 5.91 Å². The third-order valence-corrected chi connectivity index (χ3v) is 6.97. The summed E-state index contributed by atoms with van der Waals surface area (Å²) < 4.78 is 39.7. The molecule has 2 aromatic carbocycles. The first-order valence-corrected chi connectivity index (χ1v) is 10.4. The van der Waals surface area contributed by atoms with E-state index in [4.69, 9.17) is 0 Å². The van der Waals surface area contributed by atoms with E-state index in [9.17, 15) is 17.6 Å². The molecule has 7 heteroatoms. The zero-order valence-corrected chi connectivity index (χ0v) is 16.2. The molecule has 0 bridgehead atoms. The molecule has 0 N–H and O–H groups in total. The first kappa shape index (κ1) is 19.5. The van der Waals surface area contributed by atoms with Crippen molar-refractivity contribution in [2.75, 3.05) is 20.1 Å². The van der Waals surface area contributed by atoms with Gasteiger partial charge in [-0.05, 0) is 61.7 Å². The molecule has 1 amide bonds. The summed E-state index contributed by atoms with van der Waals surface area (Å²) in [5, 5.41) is 0. The highest BCUT2D eigenvalue weighted by Gasteiger charge is 2.27. The first-order chi connectivity index (χ1) is 12.8. The minimum Gasteiger partial charge on any atom is -0.335 e. The maximum Gasteiger partial charge on any atom is 0.254 e. The van der Waals surface area contributed by atoms with Crippen molar-refractivity contribution >= 4 is 15.9 Å². The minimum absolute atomic E-state index is 0.204. The lowest BCUT2D eigenvalue weighted by Gasteiger charge is -2.25. The minimum atomic E-state index is -3.49. The third kappa shape index (κ3) is 4.04. The Kier molecular flexibility index (Phi) is 5.62. The third-order valence-electron chi connectivity index (χ3n) is 5.06. The van der Waals surface area contributed by atoms with Gasteiger partial charge >= 0.3 is 0 Å². The van der Waals surface area contributed by atoms with Crippen LogP contribution in [0.25, 0.3) is 0 Å². The summed E-state index contributed by atoms with van der Waals surface area (Å²) in [5.74, 6) is -0.549. The highest BCUT2D eigenvalue weighted by atomic mass is 32.2. The molecule has 27 heavy (non-hydrogen) atoms. The molecular weight excluding hydrogens is 367 g/mol. The zero-order chi connectivity index (χ0) is 19.6. The molecule has 1 atom stereocenters. The number of carbonyl (C=O) groups is 1. The Balaban J connectivity index is 1.76. The fraction of sp³-hybridized carbons (Fsp3) is 0.350. The number of sulfonamides is 1. The molecule has 144 valence electrons. The van der Waals surface area contributed by atoms with Crippen molar-refractivity contribution < 1.29 is 17.6 Å². The summed E-state index contributed by atoms with van der Waals surface area (Å²) in [7, 11) is -1.82. The van der Waals surface area contributed by atoms with Crippen molar-refractivity contribution in [2.24, 2.45) is 0 Å². The standard InChI is InChI=1S/C20H23FN2O3S/c1-15(16-5-9-18(21)10-6-16)22(2)20(24)17-7-11-19(12-8-17)27(25,26)23-13-3-4-14-23/h5-12,15H,3-4,13-14H2,1-2H3/t15-/m0/s1.